The van der Waals surface area contributed by atoms with Gasteiger partial charge in [0, 0.05) is 6.54 Å². The quantitative estimate of drug-likeness (QED) is 0.661. The molecule has 0 radical (unpaired) electrons. The van der Waals surface area contributed by atoms with Crippen molar-refractivity contribution in [2.45, 2.75) is 25.8 Å². The van der Waals surface area contributed by atoms with E-state index in [1.54, 1.807) is 0 Å². The molecule has 0 amide bonds. The van der Waals surface area contributed by atoms with Crippen LogP contribution in [0.5, 0.6) is 0 Å². The molecule has 0 aromatic heterocycles. The number of aliphatic imine (C=N–C) groups is 1. The summed E-state index contributed by atoms with van der Waals surface area (Å²) in [7, 11) is 0. The summed E-state index contributed by atoms with van der Waals surface area (Å²) in [6.45, 7) is 1.59. The number of hydrogen-bond donors (Lipinski definition) is 2. The van der Waals surface area contributed by atoms with E-state index in [-0.39, 0.29) is 0 Å². The van der Waals surface area contributed by atoms with E-state index in [2.05, 4.69) is 52.8 Å². The molecule has 3 nitrogen and oxygen atoms in total. The summed E-state index contributed by atoms with van der Waals surface area (Å²) in [5, 5.41) is 5.74. The monoisotopic (exact) mass is 267 g/mol. The summed E-state index contributed by atoms with van der Waals surface area (Å²) in [4.78, 5) is 4.46. The smallest absolute Gasteiger partial charge is 0.188 e. The highest BCUT2D eigenvalue weighted by atomic mass is 15.1. The Labute approximate surface area is 119 Å². The number of fused-ring (bicyclic) bond motifs is 1. The van der Waals surface area contributed by atoms with E-state index < -0.39 is 0 Å². The fourth-order valence-corrected chi connectivity index (χ4v) is 2.60. The molecule has 0 bridgehead atoms. The van der Waals surface area contributed by atoms with Gasteiger partial charge in [-0.25, -0.2) is 4.99 Å². The first-order valence-electron chi connectivity index (χ1n) is 7.33. The zero-order valence-electron chi connectivity index (χ0n) is 11.7. The Morgan fingerprint density at radius 2 is 1.95 bits per heavy atom. The number of guanidine groups is 1. The van der Waals surface area contributed by atoms with E-state index in [1.165, 1.54) is 35.6 Å². The highest BCUT2D eigenvalue weighted by Gasteiger charge is 2.16. The highest BCUT2D eigenvalue weighted by molar-refractivity contribution is 5.86. The van der Waals surface area contributed by atoms with Gasteiger partial charge < -0.3 is 11.1 Å². The lowest BCUT2D eigenvalue weighted by Gasteiger charge is -2.25. The Morgan fingerprint density at radius 1 is 1.15 bits per heavy atom. The van der Waals surface area contributed by atoms with E-state index in [1.807, 2.05) is 0 Å². The average Bonchev–Trinajstić information content (AvgIpc) is 2.43. The Hall–Kier alpha value is -2.03. The van der Waals surface area contributed by atoms with E-state index in [4.69, 9.17) is 5.73 Å². The molecule has 3 heteroatoms. The lowest BCUT2D eigenvalue weighted by atomic mass is 9.85. The molecule has 0 saturated heterocycles. The van der Waals surface area contributed by atoms with Gasteiger partial charge in [-0.3, -0.25) is 0 Å². The Balaban J connectivity index is 1.66. The van der Waals surface area contributed by atoms with Crippen LogP contribution in [0.2, 0.25) is 0 Å². The van der Waals surface area contributed by atoms with Gasteiger partial charge in [0.15, 0.2) is 5.96 Å². The van der Waals surface area contributed by atoms with E-state index >= 15 is 0 Å². The first kappa shape index (κ1) is 13.0. The summed E-state index contributed by atoms with van der Waals surface area (Å²) in [5.74, 6) is 1.35. The molecular weight excluding hydrogens is 246 g/mol. The second-order valence-corrected chi connectivity index (χ2v) is 5.52. The van der Waals surface area contributed by atoms with Crippen molar-refractivity contribution in [2.75, 3.05) is 6.54 Å². The maximum absolute atomic E-state index is 5.93. The topological polar surface area (TPSA) is 50.4 Å². The van der Waals surface area contributed by atoms with E-state index in [9.17, 15) is 0 Å². The SMILES string of the molecule is NC(=NCc1cccc2ccccc12)NCC1CCC1. The van der Waals surface area contributed by atoms with Crippen LogP contribution in [0, 0.1) is 5.92 Å². The van der Waals surface area contributed by atoms with Crippen molar-refractivity contribution in [1.29, 1.82) is 0 Å². The van der Waals surface area contributed by atoms with Crippen molar-refractivity contribution in [1.82, 2.24) is 5.32 Å². The number of nitrogens with one attached hydrogen (secondary N) is 1. The maximum Gasteiger partial charge on any atom is 0.188 e. The van der Waals surface area contributed by atoms with Crippen molar-refractivity contribution in [3.8, 4) is 0 Å². The van der Waals surface area contributed by atoms with E-state index in [0.29, 0.717) is 12.5 Å². The fraction of sp³-hybridized carbons (Fsp3) is 0.353. The van der Waals surface area contributed by atoms with Gasteiger partial charge in [-0.1, -0.05) is 48.9 Å². The maximum atomic E-state index is 5.93. The van der Waals surface area contributed by atoms with Gasteiger partial charge in [0.1, 0.15) is 0 Å². The Kier molecular flexibility index (Phi) is 3.86. The number of benzene rings is 2. The molecule has 1 aliphatic carbocycles. The van der Waals surface area contributed by atoms with Crippen LogP contribution in [0.15, 0.2) is 47.5 Å². The molecule has 3 rings (SSSR count). The molecule has 1 fully saturated rings. The molecule has 1 saturated carbocycles. The third-order valence-electron chi connectivity index (χ3n) is 4.10. The summed E-state index contributed by atoms with van der Waals surface area (Å²) in [6.07, 6.45) is 4.01. The van der Waals surface area contributed by atoms with Crippen LogP contribution in [0.25, 0.3) is 10.8 Å². The summed E-state index contributed by atoms with van der Waals surface area (Å²) >= 11 is 0. The second-order valence-electron chi connectivity index (χ2n) is 5.52. The van der Waals surface area contributed by atoms with E-state index in [0.717, 1.165) is 12.5 Å². The lowest BCUT2D eigenvalue weighted by Crippen LogP contribution is -2.37. The minimum absolute atomic E-state index is 0.560. The third kappa shape index (κ3) is 2.93. The molecule has 3 N–H and O–H groups in total. The molecule has 0 atom stereocenters. The van der Waals surface area contributed by atoms with Gasteiger partial charge >= 0.3 is 0 Å². The van der Waals surface area contributed by atoms with Gasteiger partial charge in [-0.15, -0.1) is 0 Å². The highest BCUT2D eigenvalue weighted by Crippen LogP contribution is 2.25. The van der Waals surface area contributed by atoms with Gasteiger partial charge in [0.25, 0.3) is 0 Å². The van der Waals surface area contributed by atoms with Gasteiger partial charge in [-0.2, -0.15) is 0 Å². The minimum atomic E-state index is 0.560. The van der Waals surface area contributed by atoms with Crippen molar-refractivity contribution >= 4 is 16.7 Å². The zero-order chi connectivity index (χ0) is 13.8. The lowest BCUT2D eigenvalue weighted by molar-refractivity contribution is 0.315. The summed E-state index contributed by atoms with van der Waals surface area (Å²) in [5.41, 5.74) is 7.15. The van der Waals surface area contributed by atoms with Crippen LogP contribution in [0.4, 0.5) is 0 Å². The van der Waals surface area contributed by atoms with Gasteiger partial charge in [0.05, 0.1) is 6.54 Å². The first-order chi connectivity index (χ1) is 9.83. The zero-order valence-corrected chi connectivity index (χ0v) is 11.7. The molecule has 0 spiro atoms. The predicted octanol–water partition coefficient (Wildman–Crippen LogP) is 3.04. The third-order valence-corrected chi connectivity index (χ3v) is 4.10. The molecule has 0 heterocycles. The van der Waals surface area contributed by atoms with Crippen LogP contribution in [-0.4, -0.2) is 12.5 Å². The number of rotatable bonds is 4. The summed E-state index contributed by atoms with van der Waals surface area (Å²) < 4.78 is 0. The molecule has 0 unspecified atom stereocenters. The molecular formula is C17H21N3. The number of hydrogen-bond acceptors (Lipinski definition) is 1. The first-order valence-corrected chi connectivity index (χ1v) is 7.33. The molecule has 20 heavy (non-hydrogen) atoms. The molecule has 104 valence electrons. The molecule has 1 aliphatic rings. The second kappa shape index (κ2) is 5.95. The Morgan fingerprint density at radius 3 is 2.75 bits per heavy atom. The van der Waals surface area contributed by atoms with Crippen molar-refractivity contribution in [3.63, 3.8) is 0 Å². The number of nitrogens with zero attached hydrogens (tertiary/aromatic N) is 1. The van der Waals surface area contributed by atoms with Gasteiger partial charge in [-0.05, 0) is 35.1 Å². The van der Waals surface area contributed by atoms with Crippen LogP contribution >= 0.6 is 0 Å². The summed E-state index contributed by atoms with van der Waals surface area (Å²) in [6, 6.07) is 14.7. The molecule has 2 aromatic carbocycles. The minimum Gasteiger partial charge on any atom is -0.370 e. The largest absolute Gasteiger partial charge is 0.370 e. The van der Waals surface area contributed by atoms with Crippen LogP contribution in [0.3, 0.4) is 0 Å². The van der Waals surface area contributed by atoms with Crippen LogP contribution in [0.1, 0.15) is 24.8 Å². The van der Waals surface area contributed by atoms with Crippen molar-refractivity contribution in [2.24, 2.45) is 16.6 Å². The predicted molar refractivity (Wildman–Crippen MR) is 84.6 cm³/mol. The fourth-order valence-electron chi connectivity index (χ4n) is 2.60. The van der Waals surface area contributed by atoms with Gasteiger partial charge in [0.2, 0.25) is 0 Å². The van der Waals surface area contributed by atoms with Crippen LogP contribution < -0.4 is 11.1 Å². The Bertz CT molecular complexity index is 609. The van der Waals surface area contributed by atoms with Crippen molar-refractivity contribution < 1.29 is 0 Å². The standard InChI is InChI=1S/C17H21N3/c18-17(19-11-13-5-3-6-13)20-12-15-9-4-8-14-7-1-2-10-16(14)15/h1-2,4,7-10,13H,3,5-6,11-12H2,(H3,18,19,20). The normalized spacial score (nSPS) is 16.1. The van der Waals surface area contributed by atoms with Crippen LogP contribution in [-0.2, 0) is 6.54 Å². The van der Waals surface area contributed by atoms with Crippen molar-refractivity contribution in [3.05, 3.63) is 48.0 Å². The molecule has 0 aliphatic heterocycles. The number of nitrogens with two attached hydrogens (primary N) is 1. The average molecular weight is 267 g/mol. The molecule has 2 aromatic rings.